The quantitative estimate of drug-likeness (QED) is 0.880. The van der Waals surface area contributed by atoms with Crippen LogP contribution < -0.4 is 5.73 Å². The van der Waals surface area contributed by atoms with E-state index in [1.54, 1.807) is 11.3 Å². The van der Waals surface area contributed by atoms with Crippen molar-refractivity contribution in [1.29, 1.82) is 0 Å². The van der Waals surface area contributed by atoms with Crippen molar-refractivity contribution in [3.63, 3.8) is 0 Å². The van der Waals surface area contributed by atoms with Crippen LogP contribution in [0.3, 0.4) is 0 Å². The number of Topliss-reactive ketones (excluding diaryl/α,β-unsaturated/α-hetero) is 1. The maximum Gasteiger partial charge on any atom is 0.168 e. The standard InChI is InChI=1S/C13H12BrNOS/c14-11-5-12(17-8-11)6-13(16)10-3-1-9(7-15)2-4-10/h1-5,8H,6-7,15H2. The van der Waals surface area contributed by atoms with Crippen LogP contribution in [0.5, 0.6) is 0 Å². The SMILES string of the molecule is NCc1ccc(C(=O)Cc2cc(Br)cs2)cc1. The van der Waals surface area contributed by atoms with Gasteiger partial charge in [0.15, 0.2) is 5.78 Å². The van der Waals surface area contributed by atoms with Crippen molar-refractivity contribution >= 4 is 33.0 Å². The van der Waals surface area contributed by atoms with Gasteiger partial charge in [-0.2, -0.15) is 0 Å². The zero-order valence-electron chi connectivity index (χ0n) is 9.15. The molecule has 0 atom stereocenters. The van der Waals surface area contributed by atoms with Gasteiger partial charge in [-0.1, -0.05) is 24.3 Å². The molecule has 1 heterocycles. The van der Waals surface area contributed by atoms with Gasteiger partial charge in [-0.05, 0) is 27.6 Å². The van der Waals surface area contributed by atoms with Crippen LogP contribution in [0.4, 0.5) is 0 Å². The summed E-state index contributed by atoms with van der Waals surface area (Å²) in [5, 5.41) is 1.99. The van der Waals surface area contributed by atoms with Crippen molar-refractivity contribution in [3.8, 4) is 0 Å². The lowest BCUT2D eigenvalue weighted by atomic mass is 10.1. The lowest BCUT2D eigenvalue weighted by molar-refractivity contribution is 0.0994. The molecule has 17 heavy (non-hydrogen) atoms. The molecule has 0 unspecified atom stereocenters. The highest BCUT2D eigenvalue weighted by Gasteiger charge is 2.08. The highest BCUT2D eigenvalue weighted by atomic mass is 79.9. The van der Waals surface area contributed by atoms with Gasteiger partial charge in [0, 0.05) is 33.3 Å². The van der Waals surface area contributed by atoms with Crippen LogP contribution in [0, 0.1) is 0 Å². The highest BCUT2D eigenvalue weighted by Crippen LogP contribution is 2.21. The van der Waals surface area contributed by atoms with Crippen molar-refractivity contribution in [2.45, 2.75) is 13.0 Å². The Balaban J connectivity index is 2.09. The fourth-order valence-electron chi connectivity index (χ4n) is 1.53. The molecule has 0 saturated carbocycles. The largest absolute Gasteiger partial charge is 0.326 e. The molecule has 2 aromatic rings. The second-order valence-corrected chi connectivity index (χ2v) is 5.64. The predicted octanol–water partition coefficient (Wildman–Crippen LogP) is 3.39. The second kappa shape index (κ2) is 5.58. The first-order valence-corrected chi connectivity index (χ1v) is 6.91. The molecule has 1 aromatic heterocycles. The number of rotatable bonds is 4. The number of nitrogens with two attached hydrogens (primary N) is 1. The Hall–Kier alpha value is -0.970. The number of halogens is 1. The fraction of sp³-hybridized carbons (Fsp3) is 0.154. The summed E-state index contributed by atoms with van der Waals surface area (Å²) in [5.74, 6) is 0.142. The van der Waals surface area contributed by atoms with E-state index in [0.29, 0.717) is 13.0 Å². The molecule has 0 spiro atoms. The fourth-order valence-corrected chi connectivity index (χ4v) is 2.98. The molecule has 2 N–H and O–H groups in total. The minimum atomic E-state index is 0.142. The summed E-state index contributed by atoms with van der Waals surface area (Å²) in [6.07, 6.45) is 0.457. The number of hydrogen-bond acceptors (Lipinski definition) is 3. The number of benzene rings is 1. The molecule has 0 aliphatic rings. The molecule has 0 aliphatic carbocycles. The van der Waals surface area contributed by atoms with Crippen LogP contribution in [0.1, 0.15) is 20.8 Å². The predicted molar refractivity (Wildman–Crippen MR) is 74.4 cm³/mol. The maximum absolute atomic E-state index is 12.0. The lowest BCUT2D eigenvalue weighted by Gasteiger charge is -2.01. The number of carbonyl (C=O) groups excluding carboxylic acids is 1. The summed E-state index contributed by atoms with van der Waals surface area (Å²) in [7, 11) is 0. The second-order valence-electron chi connectivity index (χ2n) is 3.73. The number of thiophene rings is 1. The summed E-state index contributed by atoms with van der Waals surface area (Å²) < 4.78 is 1.03. The van der Waals surface area contributed by atoms with Gasteiger partial charge in [0.25, 0.3) is 0 Å². The van der Waals surface area contributed by atoms with Gasteiger partial charge in [-0.3, -0.25) is 4.79 Å². The number of carbonyl (C=O) groups is 1. The van der Waals surface area contributed by atoms with E-state index in [2.05, 4.69) is 15.9 Å². The molecule has 0 radical (unpaired) electrons. The zero-order valence-corrected chi connectivity index (χ0v) is 11.6. The average Bonchev–Trinajstić information content (AvgIpc) is 2.75. The van der Waals surface area contributed by atoms with Gasteiger partial charge in [0.1, 0.15) is 0 Å². The van der Waals surface area contributed by atoms with E-state index in [0.717, 1.165) is 20.5 Å². The smallest absolute Gasteiger partial charge is 0.168 e. The third kappa shape index (κ3) is 3.25. The molecular formula is C13H12BrNOS. The maximum atomic E-state index is 12.0. The van der Waals surface area contributed by atoms with E-state index in [4.69, 9.17) is 5.73 Å². The van der Waals surface area contributed by atoms with E-state index in [9.17, 15) is 4.79 Å². The highest BCUT2D eigenvalue weighted by molar-refractivity contribution is 9.10. The minimum Gasteiger partial charge on any atom is -0.326 e. The van der Waals surface area contributed by atoms with Crippen LogP contribution in [0.15, 0.2) is 40.2 Å². The molecule has 2 rings (SSSR count). The summed E-state index contributed by atoms with van der Waals surface area (Å²) in [5.41, 5.74) is 7.30. The molecule has 2 nitrogen and oxygen atoms in total. The summed E-state index contributed by atoms with van der Waals surface area (Å²) in [6.45, 7) is 0.506. The van der Waals surface area contributed by atoms with Gasteiger partial charge >= 0.3 is 0 Å². The van der Waals surface area contributed by atoms with E-state index < -0.39 is 0 Å². The van der Waals surface area contributed by atoms with E-state index >= 15 is 0 Å². The third-order valence-corrected chi connectivity index (χ3v) is 4.17. The lowest BCUT2D eigenvalue weighted by Crippen LogP contribution is -2.03. The van der Waals surface area contributed by atoms with Crippen LogP contribution in [-0.2, 0) is 13.0 Å². The molecule has 1 aromatic carbocycles. The Kier molecular flexibility index (Phi) is 4.10. The minimum absolute atomic E-state index is 0.142. The van der Waals surface area contributed by atoms with E-state index in [1.165, 1.54) is 0 Å². The Morgan fingerprint density at radius 3 is 2.53 bits per heavy atom. The molecule has 0 fully saturated rings. The molecule has 4 heteroatoms. The summed E-state index contributed by atoms with van der Waals surface area (Å²) in [6, 6.07) is 9.46. The van der Waals surface area contributed by atoms with Gasteiger partial charge < -0.3 is 5.73 Å². The number of ketones is 1. The van der Waals surface area contributed by atoms with Gasteiger partial charge in [0.05, 0.1) is 0 Å². The van der Waals surface area contributed by atoms with Crippen molar-refractivity contribution in [3.05, 3.63) is 56.2 Å². The van der Waals surface area contributed by atoms with Crippen LogP contribution in [-0.4, -0.2) is 5.78 Å². The molecule has 0 bridgehead atoms. The third-order valence-electron chi connectivity index (χ3n) is 2.47. The first-order valence-electron chi connectivity index (χ1n) is 5.24. The molecule has 0 saturated heterocycles. The molecule has 0 aliphatic heterocycles. The first-order chi connectivity index (χ1) is 8.19. The Morgan fingerprint density at radius 2 is 2.00 bits per heavy atom. The van der Waals surface area contributed by atoms with Crippen molar-refractivity contribution in [2.75, 3.05) is 0 Å². The summed E-state index contributed by atoms with van der Waals surface area (Å²) >= 11 is 4.97. The van der Waals surface area contributed by atoms with Crippen molar-refractivity contribution < 1.29 is 4.79 Å². The monoisotopic (exact) mass is 309 g/mol. The first kappa shape index (κ1) is 12.5. The van der Waals surface area contributed by atoms with Crippen molar-refractivity contribution in [2.24, 2.45) is 5.73 Å². The van der Waals surface area contributed by atoms with Crippen LogP contribution in [0.25, 0.3) is 0 Å². The number of hydrogen-bond donors (Lipinski definition) is 1. The topological polar surface area (TPSA) is 43.1 Å². The molecule has 0 amide bonds. The van der Waals surface area contributed by atoms with Crippen LogP contribution >= 0.6 is 27.3 Å². The van der Waals surface area contributed by atoms with Crippen LogP contribution in [0.2, 0.25) is 0 Å². The van der Waals surface area contributed by atoms with E-state index in [-0.39, 0.29) is 5.78 Å². The Morgan fingerprint density at radius 1 is 1.29 bits per heavy atom. The molecule has 88 valence electrons. The summed E-state index contributed by atoms with van der Waals surface area (Å²) in [4.78, 5) is 13.1. The average molecular weight is 310 g/mol. The Labute approximate surface area is 113 Å². The van der Waals surface area contributed by atoms with Crippen molar-refractivity contribution in [1.82, 2.24) is 0 Å². The van der Waals surface area contributed by atoms with Gasteiger partial charge in [0.2, 0.25) is 0 Å². The van der Waals surface area contributed by atoms with Gasteiger partial charge in [-0.15, -0.1) is 11.3 Å². The normalized spacial score (nSPS) is 10.5. The zero-order chi connectivity index (χ0) is 12.3. The Bertz CT molecular complexity index is 518. The van der Waals surface area contributed by atoms with E-state index in [1.807, 2.05) is 35.7 Å². The van der Waals surface area contributed by atoms with Gasteiger partial charge in [-0.25, -0.2) is 0 Å². The molecular weight excluding hydrogens is 298 g/mol.